The van der Waals surface area contributed by atoms with Gasteiger partial charge in [0.25, 0.3) is 0 Å². The molecule has 0 spiro atoms. The molecule has 22 heavy (non-hydrogen) atoms. The second kappa shape index (κ2) is 5.99. The molecule has 0 saturated carbocycles. The van der Waals surface area contributed by atoms with Gasteiger partial charge in [-0.2, -0.15) is 0 Å². The third kappa shape index (κ3) is 2.67. The summed E-state index contributed by atoms with van der Waals surface area (Å²) in [6, 6.07) is 0. The van der Waals surface area contributed by atoms with Crippen molar-refractivity contribution in [3.05, 3.63) is 69.5 Å². The second-order valence-corrected chi connectivity index (χ2v) is 11.7. The molecule has 0 saturated heterocycles. The Balaban J connectivity index is 2.64. The zero-order chi connectivity index (χ0) is 16.2. The summed E-state index contributed by atoms with van der Waals surface area (Å²) in [5, 5.41) is 0. The molecule has 114 valence electrons. The van der Waals surface area contributed by atoms with E-state index in [0.717, 1.165) is 19.9 Å². The van der Waals surface area contributed by atoms with E-state index in [4.69, 9.17) is 6.64 Å². The van der Waals surface area contributed by atoms with Crippen molar-refractivity contribution >= 4 is 16.8 Å². The molecule has 2 aliphatic rings. The predicted octanol–water partition coefficient (Wildman–Crippen LogP) is 3.08. The Morgan fingerprint density at radius 2 is 1.36 bits per heavy atom. The van der Waals surface area contributed by atoms with Crippen LogP contribution < -0.4 is 0 Å². The Morgan fingerprint density at radius 1 is 0.955 bits per heavy atom. The van der Waals surface area contributed by atoms with Crippen LogP contribution in [0.15, 0.2) is 69.5 Å². The van der Waals surface area contributed by atoms with Gasteiger partial charge in [-0.1, -0.05) is 0 Å². The van der Waals surface area contributed by atoms with Crippen molar-refractivity contribution < 1.29 is 31.8 Å². The SMILES string of the molecule is C=CC(=O)[O][Ti](=[CH2])([O]C(=O)C=C)([C]1=CC=CC1)[C]1=CC=CC1. The summed E-state index contributed by atoms with van der Waals surface area (Å²) in [5.74, 6) is -1.30. The molecule has 0 radical (unpaired) electrons. The van der Waals surface area contributed by atoms with Crippen molar-refractivity contribution in [2.75, 3.05) is 0 Å². The summed E-state index contributed by atoms with van der Waals surface area (Å²) < 4.78 is 13.0. The molecule has 0 aromatic heterocycles. The van der Waals surface area contributed by atoms with E-state index in [1.807, 2.05) is 36.5 Å². The monoisotopic (exact) mass is 334 g/mol. The molecule has 0 unspecified atom stereocenters. The van der Waals surface area contributed by atoms with Crippen LogP contribution in [0.1, 0.15) is 12.8 Å². The van der Waals surface area contributed by atoms with Gasteiger partial charge in [0.05, 0.1) is 0 Å². The number of carbonyl (C=O) groups excluding carboxylic acids is 2. The predicted molar refractivity (Wildman–Crippen MR) is 83.4 cm³/mol. The Kier molecular flexibility index (Phi) is 4.45. The Bertz CT molecular complexity index is 670. The Morgan fingerprint density at radius 3 is 1.64 bits per heavy atom. The normalized spacial score (nSPS) is 16.8. The molecule has 5 heteroatoms. The molecule has 0 aromatic rings. The fraction of sp³-hybridized carbons (Fsp3) is 0.118. The first-order valence-electron chi connectivity index (χ1n) is 6.91. The molecule has 0 aromatic carbocycles. The fourth-order valence-corrected chi connectivity index (χ4v) is 8.77. The molecule has 0 amide bonds. The van der Waals surface area contributed by atoms with Crippen LogP contribution >= 0.6 is 0 Å². The molecular formula is C17H18O4Ti. The van der Waals surface area contributed by atoms with Crippen LogP contribution in [0.3, 0.4) is 0 Å². The van der Waals surface area contributed by atoms with E-state index in [-0.39, 0.29) is 0 Å². The van der Waals surface area contributed by atoms with Gasteiger partial charge in [-0.05, 0) is 0 Å². The van der Waals surface area contributed by atoms with E-state index in [9.17, 15) is 9.59 Å². The fourth-order valence-electron chi connectivity index (χ4n) is 2.64. The summed E-state index contributed by atoms with van der Waals surface area (Å²) in [6.45, 7) is 6.85. The van der Waals surface area contributed by atoms with E-state index in [1.165, 1.54) is 0 Å². The molecule has 0 aliphatic heterocycles. The van der Waals surface area contributed by atoms with Crippen molar-refractivity contribution in [1.82, 2.24) is 0 Å². The maximum absolute atomic E-state index is 12.0. The number of carbonyl (C=O) groups is 2. The molecule has 0 N–H and O–H groups in total. The molecule has 2 rings (SSSR count). The molecule has 4 nitrogen and oxygen atoms in total. The van der Waals surface area contributed by atoms with Gasteiger partial charge >= 0.3 is 131 Å². The molecule has 2 aliphatic carbocycles. The van der Waals surface area contributed by atoms with Crippen molar-refractivity contribution in [3.8, 4) is 0 Å². The maximum atomic E-state index is 12.0. The van der Waals surface area contributed by atoms with Crippen molar-refractivity contribution in [2.24, 2.45) is 0 Å². The summed E-state index contributed by atoms with van der Waals surface area (Å²) in [5.41, 5.74) is 0. The average molecular weight is 334 g/mol. The Hall–Kier alpha value is -2.04. The van der Waals surface area contributed by atoms with E-state index >= 15 is 0 Å². The van der Waals surface area contributed by atoms with E-state index in [2.05, 4.69) is 18.0 Å². The van der Waals surface area contributed by atoms with Crippen LogP contribution in [-0.2, 0) is 31.8 Å². The quantitative estimate of drug-likeness (QED) is 0.553. The van der Waals surface area contributed by atoms with Crippen LogP contribution in [0, 0.1) is 0 Å². The van der Waals surface area contributed by atoms with E-state index in [0.29, 0.717) is 12.8 Å². The average Bonchev–Trinajstić information content (AvgIpc) is 3.20. The second-order valence-electron chi connectivity index (χ2n) is 5.16. The zero-order valence-electron chi connectivity index (χ0n) is 12.3. The number of hydrogen-bond acceptors (Lipinski definition) is 4. The van der Waals surface area contributed by atoms with Crippen LogP contribution in [0.4, 0.5) is 0 Å². The van der Waals surface area contributed by atoms with Crippen LogP contribution in [0.2, 0.25) is 0 Å². The standard InChI is InChI=1S/2C5H5.2C3H4O2.CH2.Ti/c2*1-2-4-5-3-1;2*1-2-3(4)5;;/h2*1-3H,4H2;2*2H,1H2,(H,4,5);1H2;/q;;;;;+2/p-2. The third-order valence-corrected chi connectivity index (χ3v) is 11.0. The van der Waals surface area contributed by atoms with Gasteiger partial charge in [0, 0.05) is 0 Å². The first-order valence-corrected chi connectivity index (χ1v) is 10.8. The first-order chi connectivity index (χ1) is 10.4. The van der Waals surface area contributed by atoms with Crippen LogP contribution in [-0.4, -0.2) is 16.8 Å². The van der Waals surface area contributed by atoms with Crippen LogP contribution in [0.5, 0.6) is 0 Å². The number of hydrogen-bond donors (Lipinski definition) is 0. The summed E-state index contributed by atoms with van der Waals surface area (Å²) in [7, 11) is 0. The van der Waals surface area contributed by atoms with Gasteiger partial charge in [-0.15, -0.1) is 0 Å². The van der Waals surface area contributed by atoms with Gasteiger partial charge in [-0.25, -0.2) is 0 Å². The van der Waals surface area contributed by atoms with Gasteiger partial charge in [-0.3, -0.25) is 0 Å². The van der Waals surface area contributed by atoms with Gasteiger partial charge < -0.3 is 0 Å². The number of allylic oxidation sites excluding steroid dienone is 8. The summed E-state index contributed by atoms with van der Waals surface area (Å²) in [6.07, 6.45) is 14.3. The number of rotatable bonds is 6. The van der Waals surface area contributed by atoms with E-state index in [1.54, 1.807) is 0 Å². The third-order valence-electron chi connectivity index (χ3n) is 3.81. The first kappa shape index (κ1) is 16.3. The topological polar surface area (TPSA) is 52.6 Å². The molecule has 0 heterocycles. The van der Waals surface area contributed by atoms with Gasteiger partial charge in [0.1, 0.15) is 0 Å². The van der Waals surface area contributed by atoms with Crippen molar-refractivity contribution in [2.45, 2.75) is 12.8 Å². The van der Waals surface area contributed by atoms with Gasteiger partial charge in [0.2, 0.25) is 0 Å². The van der Waals surface area contributed by atoms with Gasteiger partial charge in [0.15, 0.2) is 0 Å². The van der Waals surface area contributed by atoms with Crippen molar-refractivity contribution in [3.63, 3.8) is 0 Å². The minimum absolute atomic E-state index is 0.535. The molecule has 0 bridgehead atoms. The molecule has 0 atom stereocenters. The molecule has 0 fully saturated rings. The Labute approximate surface area is 131 Å². The molecular weight excluding hydrogens is 316 g/mol. The summed E-state index contributed by atoms with van der Waals surface area (Å²) >= 11 is -4.95. The summed E-state index contributed by atoms with van der Waals surface area (Å²) in [4.78, 5) is 28.2. The van der Waals surface area contributed by atoms with Crippen LogP contribution in [0.25, 0.3) is 0 Å². The zero-order valence-corrected chi connectivity index (χ0v) is 13.8. The minimum atomic E-state index is -4.95. The van der Waals surface area contributed by atoms with E-state index < -0.39 is 27.6 Å². The van der Waals surface area contributed by atoms with Crippen molar-refractivity contribution in [1.29, 1.82) is 0 Å².